The number of hydrogen-bond donors (Lipinski definition) is 1. The van der Waals surface area contributed by atoms with Crippen molar-refractivity contribution in [1.82, 2.24) is 14.5 Å². The van der Waals surface area contributed by atoms with E-state index in [1.165, 1.54) is 6.42 Å². The van der Waals surface area contributed by atoms with Gasteiger partial charge in [0.25, 0.3) is 0 Å². The number of anilines is 1. The zero-order valence-electron chi connectivity index (χ0n) is 10.7. The lowest BCUT2D eigenvalue weighted by molar-refractivity contribution is -0.115. The van der Waals surface area contributed by atoms with Crippen molar-refractivity contribution in [3.05, 3.63) is 42.1 Å². The molecule has 98 valence electrons. The molecule has 1 N–H and O–H groups in total. The van der Waals surface area contributed by atoms with Gasteiger partial charge in [-0.25, -0.2) is 4.98 Å². The Morgan fingerprint density at radius 2 is 2.16 bits per heavy atom. The molecule has 0 atom stereocenters. The number of pyridine rings is 1. The van der Waals surface area contributed by atoms with E-state index in [0.29, 0.717) is 6.42 Å². The zero-order valence-corrected chi connectivity index (χ0v) is 10.7. The second-order valence-electron chi connectivity index (χ2n) is 4.75. The second kappa shape index (κ2) is 5.22. The fourth-order valence-electron chi connectivity index (χ4n) is 2.39. The van der Waals surface area contributed by atoms with Crippen LogP contribution in [0, 0.1) is 0 Å². The number of fused-ring (bicyclic) bond motifs is 1. The van der Waals surface area contributed by atoms with Gasteiger partial charge in [0.2, 0.25) is 5.91 Å². The van der Waals surface area contributed by atoms with Crippen molar-refractivity contribution in [1.29, 1.82) is 0 Å². The number of rotatable bonds is 3. The minimum absolute atomic E-state index is 0.0144. The Hall–Kier alpha value is -2.17. The molecule has 0 spiro atoms. The molecular weight excluding hydrogens is 240 g/mol. The molecule has 0 saturated carbocycles. The lowest BCUT2D eigenvalue weighted by atomic mass is 10.2. The predicted molar refractivity (Wildman–Crippen MR) is 71.7 cm³/mol. The highest BCUT2D eigenvalue weighted by Crippen LogP contribution is 2.19. The summed E-state index contributed by atoms with van der Waals surface area (Å²) in [5.41, 5.74) is 0.964. The monoisotopic (exact) mass is 256 g/mol. The molecule has 3 heterocycles. The number of carbonyl (C=O) groups is 1. The van der Waals surface area contributed by atoms with E-state index < -0.39 is 0 Å². The molecule has 1 amide bonds. The molecule has 19 heavy (non-hydrogen) atoms. The van der Waals surface area contributed by atoms with Gasteiger partial charge in [-0.05, 0) is 30.5 Å². The molecule has 0 bridgehead atoms. The number of aromatic nitrogens is 3. The van der Waals surface area contributed by atoms with Crippen molar-refractivity contribution >= 4 is 11.7 Å². The van der Waals surface area contributed by atoms with E-state index in [1.807, 2.05) is 12.1 Å². The molecule has 0 unspecified atom stereocenters. The van der Waals surface area contributed by atoms with Crippen LogP contribution in [-0.2, 0) is 24.2 Å². The van der Waals surface area contributed by atoms with Crippen molar-refractivity contribution in [3.8, 4) is 0 Å². The van der Waals surface area contributed by atoms with E-state index in [0.717, 1.165) is 36.6 Å². The fourth-order valence-corrected chi connectivity index (χ4v) is 2.39. The van der Waals surface area contributed by atoms with Crippen LogP contribution in [0.4, 0.5) is 5.82 Å². The lowest BCUT2D eigenvalue weighted by Gasteiger charge is -2.16. The third kappa shape index (κ3) is 2.65. The number of amides is 1. The van der Waals surface area contributed by atoms with Crippen molar-refractivity contribution in [2.45, 2.75) is 32.2 Å². The number of nitrogens with zero attached hydrogens (tertiary/aromatic N) is 3. The highest BCUT2D eigenvalue weighted by Gasteiger charge is 2.15. The first kappa shape index (κ1) is 11.9. The number of nitrogens with one attached hydrogen (secondary N) is 1. The third-order valence-corrected chi connectivity index (χ3v) is 3.35. The van der Waals surface area contributed by atoms with Crippen molar-refractivity contribution in [2.75, 3.05) is 5.32 Å². The van der Waals surface area contributed by atoms with Gasteiger partial charge in [0.1, 0.15) is 11.6 Å². The smallest absolute Gasteiger partial charge is 0.229 e. The number of carbonyl (C=O) groups excluding carboxylic acids is 1. The second-order valence-corrected chi connectivity index (χ2v) is 4.75. The Bertz CT molecular complexity index is 576. The standard InChI is InChI=1S/C14H16N4O/c19-14(9-11-4-6-15-7-5-11)17-13-10-16-12-3-1-2-8-18(12)13/h4-7,10H,1-3,8-9H2,(H,17,19). The quantitative estimate of drug-likeness (QED) is 0.910. The molecular formula is C14H16N4O. The molecule has 5 nitrogen and oxygen atoms in total. The van der Waals surface area contributed by atoms with Crippen LogP contribution in [0.15, 0.2) is 30.7 Å². The Morgan fingerprint density at radius 3 is 3.00 bits per heavy atom. The van der Waals surface area contributed by atoms with Gasteiger partial charge in [0, 0.05) is 25.4 Å². The molecule has 0 aromatic carbocycles. The molecule has 0 radical (unpaired) electrons. The highest BCUT2D eigenvalue weighted by molar-refractivity contribution is 5.91. The maximum atomic E-state index is 12.0. The summed E-state index contributed by atoms with van der Waals surface area (Å²) in [4.78, 5) is 20.3. The van der Waals surface area contributed by atoms with E-state index in [4.69, 9.17) is 0 Å². The SMILES string of the molecule is O=C(Cc1ccncc1)Nc1cnc2n1CCCC2. The van der Waals surface area contributed by atoms with E-state index >= 15 is 0 Å². The number of aryl methyl sites for hydroxylation is 1. The summed E-state index contributed by atoms with van der Waals surface area (Å²) in [6, 6.07) is 3.71. The van der Waals surface area contributed by atoms with Crippen LogP contribution in [0.2, 0.25) is 0 Å². The van der Waals surface area contributed by atoms with Gasteiger partial charge in [-0.1, -0.05) is 0 Å². The molecule has 2 aromatic heterocycles. The molecule has 1 aliphatic rings. The number of hydrogen-bond acceptors (Lipinski definition) is 3. The Morgan fingerprint density at radius 1 is 1.32 bits per heavy atom. The minimum atomic E-state index is -0.0144. The maximum Gasteiger partial charge on any atom is 0.229 e. The van der Waals surface area contributed by atoms with Crippen LogP contribution in [0.3, 0.4) is 0 Å². The van der Waals surface area contributed by atoms with Crippen LogP contribution in [0.1, 0.15) is 24.2 Å². The molecule has 0 saturated heterocycles. The van der Waals surface area contributed by atoms with E-state index in [1.54, 1.807) is 18.6 Å². The summed E-state index contributed by atoms with van der Waals surface area (Å²) in [7, 11) is 0. The van der Waals surface area contributed by atoms with Gasteiger partial charge in [0.15, 0.2) is 0 Å². The van der Waals surface area contributed by atoms with Gasteiger partial charge in [0.05, 0.1) is 12.6 Å². The Kier molecular flexibility index (Phi) is 3.27. The van der Waals surface area contributed by atoms with E-state index in [-0.39, 0.29) is 5.91 Å². The number of imidazole rings is 1. The summed E-state index contributed by atoms with van der Waals surface area (Å²) in [5.74, 6) is 1.87. The zero-order chi connectivity index (χ0) is 13.1. The largest absolute Gasteiger partial charge is 0.315 e. The van der Waals surface area contributed by atoms with Gasteiger partial charge in [-0.2, -0.15) is 0 Å². The van der Waals surface area contributed by atoms with Crippen LogP contribution in [0.5, 0.6) is 0 Å². The Labute approximate surface area is 111 Å². The van der Waals surface area contributed by atoms with Gasteiger partial charge >= 0.3 is 0 Å². The summed E-state index contributed by atoms with van der Waals surface area (Å²) in [5, 5.41) is 2.94. The van der Waals surface area contributed by atoms with Gasteiger partial charge in [-0.3, -0.25) is 9.78 Å². The first-order valence-corrected chi connectivity index (χ1v) is 6.56. The van der Waals surface area contributed by atoms with Crippen LogP contribution >= 0.6 is 0 Å². The van der Waals surface area contributed by atoms with Crippen LogP contribution < -0.4 is 5.32 Å². The van der Waals surface area contributed by atoms with Gasteiger partial charge < -0.3 is 9.88 Å². The predicted octanol–water partition coefficient (Wildman–Crippen LogP) is 1.80. The third-order valence-electron chi connectivity index (χ3n) is 3.35. The average Bonchev–Trinajstić information content (AvgIpc) is 2.83. The maximum absolute atomic E-state index is 12.0. The normalized spacial score (nSPS) is 13.9. The van der Waals surface area contributed by atoms with Crippen molar-refractivity contribution in [2.24, 2.45) is 0 Å². The first-order valence-electron chi connectivity index (χ1n) is 6.56. The fraction of sp³-hybridized carbons (Fsp3) is 0.357. The summed E-state index contributed by atoms with van der Waals surface area (Å²) < 4.78 is 2.11. The summed E-state index contributed by atoms with van der Waals surface area (Å²) in [6.45, 7) is 0.945. The molecule has 1 aliphatic heterocycles. The van der Waals surface area contributed by atoms with Gasteiger partial charge in [-0.15, -0.1) is 0 Å². The molecule has 0 aliphatic carbocycles. The topological polar surface area (TPSA) is 59.8 Å². The molecule has 3 rings (SSSR count). The summed E-state index contributed by atoms with van der Waals surface area (Å²) >= 11 is 0. The van der Waals surface area contributed by atoms with Crippen molar-refractivity contribution < 1.29 is 4.79 Å². The van der Waals surface area contributed by atoms with Crippen LogP contribution in [-0.4, -0.2) is 20.4 Å². The summed E-state index contributed by atoms with van der Waals surface area (Å²) in [6.07, 6.45) is 8.85. The molecule has 5 heteroatoms. The van der Waals surface area contributed by atoms with Crippen LogP contribution in [0.25, 0.3) is 0 Å². The minimum Gasteiger partial charge on any atom is -0.315 e. The Balaban J connectivity index is 1.68. The average molecular weight is 256 g/mol. The molecule has 0 fully saturated rings. The van der Waals surface area contributed by atoms with Crippen molar-refractivity contribution in [3.63, 3.8) is 0 Å². The molecule has 2 aromatic rings. The lowest BCUT2D eigenvalue weighted by Crippen LogP contribution is -2.19. The van der Waals surface area contributed by atoms with E-state index in [9.17, 15) is 4.79 Å². The highest BCUT2D eigenvalue weighted by atomic mass is 16.1. The first-order chi connectivity index (χ1) is 9.33. The van der Waals surface area contributed by atoms with E-state index in [2.05, 4.69) is 19.9 Å².